The molecule has 0 saturated carbocycles. The normalized spacial score (nSPS) is 17.9. The molecule has 1 saturated heterocycles. The third kappa shape index (κ3) is 3.24. The van der Waals surface area contributed by atoms with Gasteiger partial charge in [0.25, 0.3) is 5.69 Å². The summed E-state index contributed by atoms with van der Waals surface area (Å²) in [7, 11) is 0. The van der Waals surface area contributed by atoms with Gasteiger partial charge in [0.05, 0.1) is 10.5 Å². The summed E-state index contributed by atoms with van der Waals surface area (Å²) in [4.78, 5) is 21.5. The second-order valence-electron chi connectivity index (χ2n) is 4.71. The van der Waals surface area contributed by atoms with Crippen LogP contribution in [0.15, 0.2) is 18.2 Å². The average molecular weight is 280 g/mol. The molecule has 0 amide bonds. The van der Waals surface area contributed by atoms with Gasteiger partial charge in [-0.15, -0.1) is 0 Å². The fourth-order valence-corrected chi connectivity index (χ4v) is 2.27. The summed E-state index contributed by atoms with van der Waals surface area (Å²) in [6.07, 6.45) is 1.77. The van der Waals surface area contributed by atoms with E-state index in [0.717, 1.165) is 19.4 Å². The Morgan fingerprint density at radius 2 is 2.35 bits per heavy atom. The van der Waals surface area contributed by atoms with E-state index < -0.39 is 10.9 Å². The minimum absolute atomic E-state index is 0.0731. The summed E-state index contributed by atoms with van der Waals surface area (Å²) in [5.74, 6) is -0.751. The Morgan fingerprint density at radius 1 is 1.55 bits per heavy atom. The number of hydrogen-bond donors (Lipinski definition) is 2. The summed E-state index contributed by atoms with van der Waals surface area (Å²) in [6, 6.07) is 4.03. The van der Waals surface area contributed by atoms with Crippen LogP contribution in [0.25, 0.3) is 0 Å². The van der Waals surface area contributed by atoms with Crippen molar-refractivity contribution in [1.29, 1.82) is 0 Å². The number of ether oxygens (including phenoxy) is 1. The van der Waals surface area contributed by atoms with E-state index in [2.05, 4.69) is 5.32 Å². The van der Waals surface area contributed by atoms with Crippen molar-refractivity contribution in [3.63, 3.8) is 0 Å². The smallest absolute Gasteiger partial charge is 0.338 e. The first-order valence-corrected chi connectivity index (χ1v) is 6.42. The number of carboxylic acid groups (broad SMARTS) is 1. The molecule has 0 aliphatic carbocycles. The van der Waals surface area contributed by atoms with E-state index in [1.165, 1.54) is 18.2 Å². The highest BCUT2D eigenvalue weighted by Crippen LogP contribution is 2.28. The fourth-order valence-electron chi connectivity index (χ4n) is 2.27. The highest BCUT2D eigenvalue weighted by atomic mass is 16.6. The van der Waals surface area contributed by atoms with Gasteiger partial charge in [0.15, 0.2) is 0 Å². The zero-order chi connectivity index (χ0) is 14.5. The van der Waals surface area contributed by atoms with E-state index in [-0.39, 0.29) is 16.9 Å². The second-order valence-corrected chi connectivity index (χ2v) is 4.71. The van der Waals surface area contributed by atoms with E-state index in [1.54, 1.807) is 0 Å². The lowest BCUT2D eigenvalue weighted by Gasteiger charge is -2.12. The number of nitrogens with one attached hydrogen (secondary N) is 1. The highest BCUT2D eigenvalue weighted by Gasteiger charge is 2.22. The third-order valence-corrected chi connectivity index (χ3v) is 3.35. The first kappa shape index (κ1) is 14.3. The van der Waals surface area contributed by atoms with Crippen molar-refractivity contribution in [3.05, 3.63) is 33.9 Å². The molecule has 1 fully saturated rings. The van der Waals surface area contributed by atoms with E-state index in [0.29, 0.717) is 19.1 Å². The molecule has 1 atom stereocenters. The van der Waals surface area contributed by atoms with Crippen LogP contribution in [0, 0.1) is 16.0 Å². The molecule has 20 heavy (non-hydrogen) atoms. The fraction of sp³-hybridized carbons (Fsp3) is 0.462. The summed E-state index contributed by atoms with van der Waals surface area (Å²) in [6.45, 7) is 1.93. The van der Waals surface area contributed by atoms with E-state index in [4.69, 9.17) is 9.84 Å². The summed E-state index contributed by atoms with van der Waals surface area (Å²) < 4.78 is 5.25. The lowest BCUT2D eigenvalue weighted by molar-refractivity contribution is -0.384. The molecule has 2 rings (SSSR count). The molecule has 2 N–H and O–H groups in total. The Balaban J connectivity index is 2.10. The van der Waals surface area contributed by atoms with Gasteiger partial charge in [-0.1, -0.05) is 6.07 Å². The molecule has 1 unspecified atom stereocenters. The minimum atomic E-state index is -1.18. The van der Waals surface area contributed by atoms with Crippen molar-refractivity contribution in [2.75, 3.05) is 25.1 Å². The highest BCUT2D eigenvalue weighted by molar-refractivity contribution is 5.96. The molecule has 1 aliphatic heterocycles. The SMILES string of the molecule is O=C(O)c1cccc([N+](=O)[O-])c1NCCC1CCOC1. The number of carbonyl (C=O) groups is 1. The van der Waals surface area contributed by atoms with Crippen LogP contribution in [0.5, 0.6) is 0 Å². The molecule has 1 aromatic rings. The van der Waals surface area contributed by atoms with Crippen LogP contribution >= 0.6 is 0 Å². The minimum Gasteiger partial charge on any atom is -0.478 e. The van der Waals surface area contributed by atoms with Gasteiger partial charge < -0.3 is 15.2 Å². The molecule has 0 aromatic heterocycles. The summed E-state index contributed by atoms with van der Waals surface area (Å²) >= 11 is 0. The Kier molecular flexibility index (Phi) is 4.52. The van der Waals surface area contributed by atoms with E-state index in [9.17, 15) is 14.9 Å². The van der Waals surface area contributed by atoms with Gasteiger partial charge in [-0.25, -0.2) is 4.79 Å². The number of rotatable bonds is 6. The number of hydrogen-bond acceptors (Lipinski definition) is 5. The first-order chi connectivity index (χ1) is 9.59. The zero-order valence-corrected chi connectivity index (χ0v) is 10.9. The number of para-hydroxylation sites is 1. The predicted octanol–water partition coefficient (Wildman–Crippen LogP) is 2.13. The summed E-state index contributed by atoms with van der Waals surface area (Å²) in [5, 5.41) is 23.0. The van der Waals surface area contributed by atoms with Crippen LogP contribution in [0.4, 0.5) is 11.4 Å². The van der Waals surface area contributed by atoms with Crippen molar-refractivity contribution in [1.82, 2.24) is 0 Å². The van der Waals surface area contributed by atoms with Crippen LogP contribution in [-0.2, 0) is 4.74 Å². The first-order valence-electron chi connectivity index (χ1n) is 6.42. The van der Waals surface area contributed by atoms with Crippen LogP contribution in [0.2, 0.25) is 0 Å². The number of benzene rings is 1. The van der Waals surface area contributed by atoms with Gasteiger partial charge in [0, 0.05) is 25.8 Å². The van der Waals surface area contributed by atoms with Crippen molar-refractivity contribution in [2.45, 2.75) is 12.8 Å². The standard InChI is InChI=1S/C13H16N2O5/c16-13(17)10-2-1-3-11(15(18)19)12(10)14-6-4-9-5-7-20-8-9/h1-3,9,14H,4-8H2,(H,16,17). The van der Waals surface area contributed by atoms with Gasteiger partial charge in [-0.05, 0) is 24.8 Å². The Morgan fingerprint density at radius 3 is 2.95 bits per heavy atom. The molecule has 1 aromatic carbocycles. The topological polar surface area (TPSA) is 102 Å². The van der Waals surface area contributed by atoms with Gasteiger partial charge in [0.1, 0.15) is 5.69 Å². The Hall–Kier alpha value is -2.15. The molecular weight excluding hydrogens is 264 g/mol. The monoisotopic (exact) mass is 280 g/mol. The lowest BCUT2D eigenvalue weighted by Crippen LogP contribution is -2.13. The number of aromatic carboxylic acids is 1. The van der Waals surface area contributed by atoms with Gasteiger partial charge in [-0.3, -0.25) is 10.1 Å². The van der Waals surface area contributed by atoms with E-state index >= 15 is 0 Å². The van der Waals surface area contributed by atoms with Crippen LogP contribution in [0.3, 0.4) is 0 Å². The number of nitrogens with zero attached hydrogens (tertiary/aromatic N) is 1. The van der Waals surface area contributed by atoms with Gasteiger partial charge in [-0.2, -0.15) is 0 Å². The molecule has 0 spiro atoms. The molecular formula is C13H16N2O5. The molecule has 108 valence electrons. The molecule has 7 heteroatoms. The molecule has 7 nitrogen and oxygen atoms in total. The molecule has 1 aliphatic rings. The molecule has 0 radical (unpaired) electrons. The maximum absolute atomic E-state index is 11.1. The largest absolute Gasteiger partial charge is 0.478 e. The van der Waals surface area contributed by atoms with Gasteiger partial charge in [0.2, 0.25) is 0 Å². The maximum atomic E-state index is 11.1. The second kappa shape index (κ2) is 6.33. The molecule has 1 heterocycles. The number of carboxylic acids is 1. The van der Waals surface area contributed by atoms with Crippen molar-refractivity contribution in [2.24, 2.45) is 5.92 Å². The van der Waals surface area contributed by atoms with E-state index in [1.807, 2.05) is 0 Å². The van der Waals surface area contributed by atoms with Crippen LogP contribution in [-0.4, -0.2) is 35.8 Å². The third-order valence-electron chi connectivity index (χ3n) is 3.35. The predicted molar refractivity (Wildman–Crippen MR) is 72.1 cm³/mol. The Labute approximate surface area is 115 Å². The van der Waals surface area contributed by atoms with Crippen molar-refractivity contribution >= 4 is 17.3 Å². The Bertz CT molecular complexity index is 479. The lowest BCUT2D eigenvalue weighted by atomic mass is 10.0. The van der Waals surface area contributed by atoms with Crippen molar-refractivity contribution in [3.8, 4) is 0 Å². The van der Waals surface area contributed by atoms with Crippen molar-refractivity contribution < 1.29 is 19.6 Å². The number of anilines is 1. The van der Waals surface area contributed by atoms with Crippen LogP contribution in [0.1, 0.15) is 23.2 Å². The maximum Gasteiger partial charge on any atom is 0.338 e. The average Bonchev–Trinajstić information content (AvgIpc) is 2.91. The van der Waals surface area contributed by atoms with Gasteiger partial charge >= 0.3 is 5.97 Å². The number of nitro benzene ring substituents is 1. The number of nitro groups is 1. The van der Waals surface area contributed by atoms with Crippen LogP contribution < -0.4 is 5.32 Å². The quantitative estimate of drug-likeness (QED) is 0.611. The molecule has 0 bridgehead atoms. The summed E-state index contributed by atoms with van der Waals surface area (Å²) in [5.41, 5.74) is -0.224. The zero-order valence-electron chi connectivity index (χ0n) is 10.9.